The van der Waals surface area contributed by atoms with Crippen molar-refractivity contribution in [1.29, 1.82) is 0 Å². The molecular formula is C24H24N4O4S. The summed E-state index contributed by atoms with van der Waals surface area (Å²) >= 11 is 1.45. The lowest BCUT2D eigenvalue weighted by molar-refractivity contribution is 0.0600. The van der Waals surface area contributed by atoms with Crippen molar-refractivity contribution < 1.29 is 19.1 Å². The van der Waals surface area contributed by atoms with Crippen molar-refractivity contribution in [2.45, 2.75) is 19.9 Å². The van der Waals surface area contributed by atoms with Crippen molar-refractivity contribution in [1.82, 2.24) is 14.5 Å². The van der Waals surface area contributed by atoms with Crippen LogP contribution in [0.3, 0.4) is 0 Å². The van der Waals surface area contributed by atoms with E-state index < -0.39 is 5.97 Å². The lowest BCUT2D eigenvalue weighted by Crippen LogP contribution is -2.32. The Kier molecular flexibility index (Phi) is 6.99. The van der Waals surface area contributed by atoms with Gasteiger partial charge in [-0.3, -0.25) is 9.69 Å². The third-order valence-corrected chi connectivity index (χ3v) is 6.09. The number of benzene rings is 2. The van der Waals surface area contributed by atoms with Gasteiger partial charge in [0.05, 0.1) is 35.8 Å². The van der Waals surface area contributed by atoms with Crippen LogP contribution in [0.15, 0.2) is 61.2 Å². The maximum absolute atomic E-state index is 13.5. The quantitative estimate of drug-likeness (QED) is 0.341. The summed E-state index contributed by atoms with van der Waals surface area (Å²) in [7, 11) is 1.33. The molecule has 0 N–H and O–H groups in total. The molecule has 1 amide bonds. The molecule has 4 aromatic rings. The van der Waals surface area contributed by atoms with Gasteiger partial charge in [0.2, 0.25) is 0 Å². The van der Waals surface area contributed by atoms with Gasteiger partial charge in [0, 0.05) is 31.0 Å². The third-order valence-electron chi connectivity index (χ3n) is 5.05. The van der Waals surface area contributed by atoms with E-state index in [0.717, 1.165) is 28.9 Å². The molecular weight excluding hydrogens is 440 g/mol. The van der Waals surface area contributed by atoms with Gasteiger partial charge in [-0.2, -0.15) is 0 Å². The van der Waals surface area contributed by atoms with E-state index in [1.807, 2.05) is 35.9 Å². The van der Waals surface area contributed by atoms with Crippen LogP contribution in [0.25, 0.3) is 10.2 Å². The largest absolute Gasteiger partial charge is 0.494 e. The van der Waals surface area contributed by atoms with Crippen LogP contribution < -0.4 is 9.64 Å². The number of nitrogens with zero attached hydrogens (tertiary/aromatic N) is 4. The first-order chi connectivity index (χ1) is 16.1. The van der Waals surface area contributed by atoms with E-state index in [1.165, 1.54) is 18.4 Å². The highest BCUT2D eigenvalue weighted by molar-refractivity contribution is 7.22. The van der Waals surface area contributed by atoms with Crippen molar-refractivity contribution in [3.8, 4) is 5.75 Å². The Morgan fingerprint density at radius 2 is 1.91 bits per heavy atom. The summed E-state index contributed by atoms with van der Waals surface area (Å²) in [5.74, 6) is 0.153. The minimum Gasteiger partial charge on any atom is -0.494 e. The number of esters is 1. The average molecular weight is 465 g/mol. The van der Waals surface area contributed by atoms with Gasteiger partial charge in [-0.05, 0) is 55.8 Å². The molecule has 0 unspecified atom stereocenters. The van der Waals surface area contributed by atoms with Crippen LogP contribution >= 0.6 is 11.3 Å². The highest BCUT2D eigenvalue weighted by atomic mass is 32.1. The Balaban J connectivity index is 1.61. The SMILES string of the molecule is CCOc1ccc2nc(N(CCCn3ccnc3)C(=O)c3ccc(C(=O)OC)cc3)sc2c1. The number of hydrogen-bond acceptors (Lipinski definition) is 7. The predicted molar refractivity (Wildman–Crippen MR) is 127 cm³/mol. The molecule has 4 rings (SSSR count). The number of hydrogen-bond donors (Lipinski definition) is 0. The van der Waals surface area contributed by atoms with Gasteiger partial charge in [-0.1, -0.05) is 11.3 Å². The van der Waals surface area contributed by atoms with Crippen LogP contribution in [0.1, 0.15) is 34.1 Å². The molecule has 0 saturated heterocycles. The molecule has 0 fully saturated rings. The van der Waals surface area contributed by atoms with E-state index in [4.69, 9.17) is 14.5 Å². The number of imidazole rings is 1. The van der Waals surface area contributed by atoms with Gasteiger partial charge in [0.25, 0.3) is 5.91 Å². The Morgan fingerprint density at radius 3 is 2.61 bits per heavy atom. The van der Waals surface area contributed by atoms with Crippen LogP contribution in [-0.2, 0) is 11.3 Å². The van der Waals surface area contributed by atoms with Gasteiger partial charge < -0.3 is 14.0 Å². The zero-order valence-corrected chi connectivity index (χ0v) is 19.2. The lowest BCUT2D eigenvalue weighted by Gasteiger charge is -2.20. The fraction of sp³-hybridized carbons (Fsp3) is 0.250. The number of ether oxygens (including phenoxy) is 2. The van der Waals surface area contributed by atoms with Crippen LogP contribution in [0.4, 0.5) is 5.13 Å². The van der Waals surface area contributed by atoms with Crippen molar-refractivity contribution in [2.75, 3.05) is 25.2 Å². The number of amides is 1. The molecule has 0 atom stereocenters. The first-order valence-corrected chi connectivity index (χ1v) is 11.4. The molecule has 9 heteroatoms. The van der Waals surface area contributed by atoms with Gasteiger partial charge >= 0.3 is 5.97 Å². The van der Waals surface area contributed by atoms with E-state index in [-0.39, 0.29) is 5.91 Å². The van der Waals surface area contributed by atoms with E-state index in [1.54, 1.807) is 41.7 Å². The second-order valence-electron chi connectivity index (χ2n) is 7.24. The number of carbonyl (C=O) groups is 2. The molecule has 0 aliphatic rings. The number of fused-ring (bicyclic) bond motifs is 1. The van der Waals surface area contributed by atoms with Crippen LogP contribution in [-0.4, -0.2) is 46.7 Å². The zero-order valence-electron chi connectivity index (χ0n) is 18.4. The number of methoxy groups -OCH3 is 1. The number of thiazole rings is 1. The highest BCUT2D eigenvalue weighted by Gasteiger charge is 2.22. The number of aromatic nitrogens is 3. The molecule has 2 heterocycles. The Bertz CT molecular complexity index is 1240. The molecule has 0 aliphatic heterocycles. The first kappa shape index (κ1) is 22.5. The lowest BCUT2D eigenvalue weighted by atomic mass is 10.1. The fourth-order valence-corrected chi connectivity index (χ4v) is 4.42. The van der Waals surface area contributed by atoms with Gasteiger partial charge in [0.15, 0.2) is 5.13 Å². The minimum atomic E-state index is -0.442. The average Bonchev–Trinajstić information content (AvgIpc) is 3.51. The second kappa shape index (κ2) is 10.3. The summed E-state index contributed by atoms with van der Waals surface area (Å²) in [5, 5.41) is 0.617. The Hall–Kier alpha value is -3.72. The maximum atomic E-state index is 13.5. The summed E-state index contributed by atoms with van der Waals surface area (Å²) in [4.78, 5) is 35.7. The smallest absolute Gasteiger partial charge is 0.337 e. The fourth-order valence-electron chi connectivity index (χ4n) is 3.40. The third kappa shape index (κ3) is 5.20. The topological polar surface area (TPSA) is 86.5 Å². The van der Waals surface area contributed by atoms with Crippen molar-refractivity contribution in [3.63, 3.8) is 0 Å². The Morgan fingerprint density at radius 1 is 1.12 bits per heavy atom. The molecule has 8 nitrogen and oxygen atoms in total. The number of carbonyl (C=O) groups excluding carboxylic acids is 2. The minimum absolute atomic E-state index is 0.180. The monoisotopic (exact) mass is 464 g/mol. The highest BCUT2D eigenvalue weighted by Crippen LogP contribution is 2.32. The maximum Gasteiger partial charge on any atom is 0.337 e. The molecule has 2 aromatic carbocycles. The van der Waals surface area contributed by atoms with Crippen LogP contribution in [0.2, 0.25) is 0 Å². The van der Waals surface area contributed by atoms with Crippen molar-refractivity contribution in [2.24, 2.45) is 0 Å². The normalized spacial score (nSPS) is 10.8. The van der Waals surface area contributed by atoms with E-state index in [2.05, 4.69) is 4.98 Å². The molecule has 0 saturated carbocycles. The standard InChI is InChI=1S/C24H24N4O4S/c1-3-32-19-9-10-20-21(15-19)33-24(26-20)28(13-4-12-27-14-11-25-16-27)22(29)17-5-7-18(8-6-17)23(30)31-2/h5-11,14-16H,3-4,12-13H2,1-2H3. The van der Waals surface area contributed by atoms with Gasteiger partial charge in [-0.15, -0.1) is 0 Å². The summed E-state index contributed by atoms with van der Waals surface area (Å²) in [5.41, 5.74) is 1.68. The molecule has 2 aromatic heterocycles. The van der Waals surface area contributed by atoms with Crippen LogP contribution in [0, 0.1) is 0 Å². The zero-order chi connectivity index (χ0) is 23.2. The van der Waals surface area contributed by atoms with E-state index >= 15 is 0 Å². The molecule has 170 valence electrons. The second-order valence-corrected chi connectivity index (χ2v) is 8.25. The molecule has 0 aliphatic carbocycles. The Labute approximate surface area is 195 Å². The first-order valence-electron chi connectivity index (χ1n) is 10.6. The van der Waals surface area contributed by atoms with Crippen LogP contribution in [0.5, 0.6) is 5.75 Å². The van der Waals surface area contributed by atoms with Gasteiger partial charge in [0.1, 0.15) is 5.75 Å². The number of anilines is 1. The van der Waals surface area contributed by atoms with Gasteiger partial charge in [-0.25, -0.2) is 14.8 Å². The van der Waals surface area contributed by atoms with E-state index in [0.29, 0.717) is 29.4 Å². The van der Waals surface area contributed by atoms with Crippen molar-refractivity contribution in [3.05, 3.63) is 72.3 Å². The molecule has 0 radical (unpaired) electrons. The predicted octanol–water partition coefficient (Wildman–Crippen LogP) is 4.42. The van der Waals surface area contributed by atoms with Crippen molar-refractivity contribution >= 4 is 38.6 Å². The number of aryl methyl sites for hydroxylation is 1. The molecule has 0 spiro atoms. The van der Waals surface area contributed by atoms with E-state index in [9.17, 15) is 9.59 Å². The summed E-state index contributed by atoms with van der Waals surface area (Å²) in [6, 6.07) is 12.2. The summed E-state index contributed by atoms with van der Waals surface area (Å²) in [6.45, 7) is 3.73. The molecule has 0 bridgehead atoms. The summed E-state index contributed by atoms with van der Waals surface area (Å²) in [6.07, 6.45) is 6.10. The number of rotatable bonds is 9. The molecule has 33 heavy (non-hydrogen) atoms. The summed E-state index contributed by atoms with van der Waals surface area (Å²) < 4.78 is 13.3.